The second kappa shape index (κ2) is 8.46. The average molecular weight is 413 g/mol. The number of nitrogens with zero attached hydrogens (tertiary/aromatic N) is 1. The molecule has 0 unspecified atom stereocenters. The number of hydrogen-bond donors (Lipinski definition) is 1. The largest absolute Gasteiger partial charge is 0.380 e. The Kier molecular flexibility index (Phi) is 5.89. The van der Waals surface area contributed by atoms with Crippen LogP contribution >= 0.6 is 0 Å². The summed E-state index contributed by atoms with van der Waals surface area (Å²) in [4.78, 5) is 0. The van der Waals surface area contributed by atoms with Gasteiger partial charge in [-0.05, 0) is 81.3 Å². The summed E-state index contributed by atoms with van der Waals surface area (Å²) < 4.78 is 2.55. The second-order valence-corrected chi connectivity index (χ2v) is 9.85. The van der Waals surface area contributed by atoms with Crippen molar-refractivity contribution in [2.24, 2.45) is 0 Å². The molecule has 3 aromatic rings. The Morgan fingerprint density at radius 1 is 1.13 bits per heavy atom. The normalized spacial score (nSPS) is 15.0. The molecule has 2 heteroatoms. The zero-order chi connectivity index (χ0) is 22.2. The highest BCUT2D eigenvalue weighted by Crippen LogP contribution is 2.42. The van der Waals surface area contributed by atoms with E-state index in [1.807, 2.05) is 0 Å². The lowest BCUT2D eigenvalue weighted by Gasteiger charge is -2.34. The fourth-order valence-electron chi connectivity index (χ4n) is 5.25. The molecule has 4 rings (SSSR count). The minimum Gasteiger partial charge on any atom is -0.380 e. The molecule has 0 fully saturated rings. The molecule has 2 nitrogen and oxygen atoms in total. The SMILES string of the molecule is C#Cc1cc2c(-c3cccc4c3CCC(C)(C)N4)cn(C(CCC)CCC)c2cc1C. The van der Waals surface area contributed by atoms with Gasteiger partial charge in [0.15, 0.2) is 0 Å². The zero-order valence-corrected chi connectivity index (χ0v) is 19.8. The van der Waals surface area contributed by atoms with E-state index in [-0.39, 0.29) is 5.54 Å². The predicted molar refractivity (Wildman–Crippen MR) is 135 cm³/mol. The summed E-state index contributed by atoms with van der Waals surface area (Å²) in [5, 5.41) is 5.04. The van der Waals surface area contributed by atoms with Crippen molar-refractivity contribution in [1.82, 2.24) is 4.57 Å². The number of benzene rings is 2. The van der Waals surface area contributed by atoms with Gasteiger partial charge < -0.3 is 9.88 Å². The Hall–Kier alpha value is -2.66. The molecule has 1 aliphatic heterocycles. The van der Waals surface area contributed by atoms with Crippen LogP contribution in [-0.2, 0) is 6.42 Å². The van der Waals surface area contributed by atoms with E-state index in [0.29, 0.717) is 6.04 Å². The Morgan fingerprint density at radius 3 is 2.55 bits per heavy atom. The summed E-state index contributed by atoms with van der Waals surface area (Å²) in [6.45, 7) is 11.3. The molecule has 2 aromatic carbocycles. The standard InChI is InChI=1S/C29H36N2/c1-7-11-22(12-8-2)31-19-26(25-18-21(9-3)20(4)17-28(25)31)23-13-10-14-27-24(23)15-16-29(5,6)30-27/h3,10,13-14,17-19,22,30H,7-8,11-12,15-16H2,1-2,4-6H3. The summed E-state index contributed by atoms with van der Waals surface area (Å²) in [5.41, 5.74) is 9.03. The minimum atomic E-state index is 0.140. The maximum Gasteiger partial charge on any atom is 0.0492 e. The van der Waals surface area contributed by atoms with Crippen molar-refractivity contribution in [2.75, 3.05) is 5.32 Å². The van der Waals surface area contributed by atoms with E-state index < -0.39 is 0 Å². The number of aromatic nitrogens is 1. The van der Waals surface area contributed by atoms with Crippen molar-refractivity contribution in [1.29, 1.82) is 0 Å². The molecule has 0 atom stereocenters. The van der Waals surface area contributed by atoms with Crippen molar-refractivity contribution >= 4 is 16.6 Å². The van der Waals surface area contributed by atoms with Crippen LogP contribution in [0.4, 0.5) is 5.69 Å². The maximum absolute atomic E-state index is 5.87. The first-order valence-corrected chi connectivity index (χ1v) is 11.9. The minimum absolute atomic E-state index is 0.140. The first kappa shape index (κ1) is 21.6. The van der Waals surface area contributed by atoms with Crippen molar-refractivity contribution in [3.05, 3.63) is 53.2 Å². The molecule has 0 saturated heterocycles. The van der Waals surface area contributed by atoms with Crippen LogP contribution in [0.25, 0.3) is 22.0 Å². The van der Waals surface area contributed by atoms with Gasteiger partial charge in [0, 0.05) is 45.5 Å². The summed E-state index contributed by atoms with van der Waals surface area (Å²) >= 11 is 0. The number of aryl methyl sites for hydroxylation is 1. The quantitative estimate of drug-likeness (QED) is 0.407. The van der Waals surface area contributed by atoms with Crippen LogP contribution in [0.15, 0.2) is 36.5 Å². The first-order valence-electron chi connectivity index (χ1n) is 11.9. The Balaban J connectivity index is 1.96. The molecular weight excluding hydrogens is 376 g/mol. The molecule has 0 spiro atoms. The van der Waals surface area contributed by atoms with Gasteiger partial charge in [0.25, 0.3) is 0 Å². The molecule has 0 aliphatic carbocycles. The predicted octanol–water partition coefficient (Wildman–Crippen LogP) is 7.88. The maximum atomic E-state index is 5.87. The smallest absolute Gasteiger partial charge is 0.0492 e. The molecule has 0 bridgehead atoms. The lowest BCUT2D eigenvalue weighted by Crippen LogP contribution is -2.35. The first-order chi connectivity index (χ1) is 14.9. The molecule has 0 amide bonds. The molecular formula is C29H36N2. The molecule has 162 valence electrons. The van der Waals surface area contributed by atoms with Crippen molar-refractivity contribution in [3.8, 4) is 23.5 Å². The lowest BCUT2D eigenvalue weighted by molar-refractivity contribution is 0.438. The molecule has 2 heterocycles. The van der Waals surface area contributed by atoms with Gasteiger partial charge in [-0.25, -0.2) is 0 Å². The van der Waals surface area contributed by atoms with Crippen LogP contribution in [0.1, 0.15) is 82.5 Å². The van der Waals surface area contributed by atoms with Crippen LogP contribution in [0, 0.1) is 19.3 Å². The summed E-state index contributed by atoms with van der Waals surface area (Å²) in [5.74, 6) is 2.91. The van der Waals surface area contributed by atoms with Crippen molar-refractivity contribution < 1.29 is 0 Å². The molecule has 1 aromatic heterocycles. The Labute approximate surface area is 188 Å². The molecule has 0 saturated carbocycles. The van der Waals surface area contributed by atoms with Crippen LogP contribution in [0.5, 0.6) is 0 Å². The third-order valence-electron chi connectivity index (χ3n) is 6.91. The van der Waals surface area contributed by atoms with Crippen molar-refractivity contribution in [3.63, 3.8) is 0 Å². The van der Waals surface area contributed by atoms with Crippen LogP contribution in [-0.4, -0.2) is 10.1 Å². The van der Waals surface area contributed by atoms with Gasteiger partial charge >= 0.3 is 0 Å². The second-order valence-electron chi connectivity index (χ2n) is 9.85. The average Bonchev–Trinajstić information content (AvgIpc) is 3.09. The highest BCUT2D eigenvalue weighted by Gasteiger charge is 2.27. The third kappa shape index (κ3) is 3.99. The summed E-state index contributed by atoms with van der Waals surface area (Å²) in [7, 11) is 0. The van der Waals surface area contributed by atoms with E-state index in [4.69, 9.17) is 6.42 Å². The van der Waals surface area contributed by atoms with E-state index in [0.717, 1.165) is 18.4 Å². The Morgan fingerprint density at radius 2 is 1.87 bits per heavy atom. The van der Waals surface area contributed by atoms with Gasteiger partial charge in [0.05, 0.1) is 0 Å². The fourth-order valence-corrected chi connectivity index (χ4v) is 5.25. The lowest BCUT2D eigenvalue weighted by atomic mass is 9.85. The number of rotatable bonds is 6. The monoisotopic (exact) mass is 412 g/mol. The van der Waals surface area contributed by atoms with Crippen LogP contribution in [0.2, 0.25) is 0 Å². The van der Waals surface area contributed by atoms with Gasteiger partial charge in [-0.2, -0.15) is 0 Å². The number of hydrogen-bond acceptors (Lipinski definition) is 1. The molecule has 1 N–H and O–H groups in total. The Bertz CT molecular complexity index is 1130. The van der Waals surface area contributed by atoms with E-state index in [2.05, 4.69) is 87.0 Å². The molecule has 31 heavy (non-hydrogen) atoms. The highest BCUT2D eigenvalue weighted by molar-refractivity contribution is 5.99. The number of nitrogens with one attached hydrogen (secondary N) is 1. The molecule has 1 aliphatic rings. The topological polar surface area (TPSA) is 17.0 Å². The van der Waals surface area contributed by atoms with Gasteiger partial charge in [-0.3, -0.25) is 0 Å². The fraction of sp³-hybridized carbons (Fsp3) is 0.448. The number of fused-ring (bicyclic) bond motifs is 2. The highest BCUT2D eigenvalue weighted by atomic mass is 15.0. The summed E-state index contributed by atoms with van der Waals surface area (Å²) in [6, 6.07) is 11.8. The van der Waals surface area contributed by atoms with Gasteiger partial charge in [0.2, 0.25) is 0 Å². The van der Waals surface area contributed by atoms with Gasteiger partial charge in [-0.1, -0.05) is 44.7 Å². The molecule has 0 radical (unpaired) electrons. The van der Waals surface area contributed by atoms with Gasteiger partial charge in [-0.15, -0.1) is 6.42 Å². The van der Waals surface area contributed by atoms with Crippen LogP contribution < -0.4 is 5.32 Å². The third-order valence-corrected chi connectivity index (χ3v) is 6.91. The zero-order valence-electron chi connectivity index (χ0n) is 19.8. The number of terminal acetylenes is 1. The van der Waals surface area contributed by atoms with E-state index in [9.17, 15) is 0 Å². The van der Waals surface area contributed by atoms with E-state index in [1.54, 1.807) is 0 Å². The van der Waals surface area contributed by atoms with Gasteiger partial charge in [0.1, 0.15) is 0 Å². The van der Waals surface area contributed by atoms with E-state index >= 15 is 0 Å². The van der Waals surface area contributed by atoms with Crippen LogP contribution in [0.3, 0.4) is 0 Å². The number of anilines is 1. The van der Waals surface area contributed by atoms with Crippen molar-refractivity contribution in [2.45, 2.75) is 84.7 Å². The van der Waals surface area contributed by atoms with E-state index in [1.165, 1.54) is 64.5 Å². The summed E-state index contributed by atoms with van der Waals surface area (Å²) in [6.07, 6.45) is 15.3.